The second-order valence-corrected chi connectivity index (χ2v) is 9.56. The first kappa shape index (κ1) is 20.4. The van der Waals surface area contributed by atoms with Crippen molar-refractivity contribution in [3.05, 3.63) is 74.3 Å². The second-order valence-electron chi connectivity index (χ2n) is 7.09. The standard InChI is InChI=1S/C21H20Cl2N2O3S/c1-25-9-7-15-17(22)11-18(23)21-20(15)16(13-25)19(28-21)12-24-29(26,27)10-8-14-5-3-2-4-6-14/h2-6,8,10-11,24H,7,9,12-13H2,1H3. The lowest BCUT2D eigenvalue weighted by molar-refractivity contribution is 0.332. The van der Waals surface area contributed by atoms with E-state index < -0.39 is 10.0 Å². The Morgan fingerprint density at radius 1 is 1.17 bits per heavy atom. The summed E-state index contributed by atoms with van der Waals surface area (Å²) >= 11 is 12.8. The monoisotopic (exact) mass is 450 g/mol. The summed E-state index contributed by atoms with van der Waals surface area (Å²) in [5.41, 5.74) is 3.28. The molecule has 5 nitrogen and oxygen atoms in total. The van der Waals surface area contributed by atoms with Crippen molar-refractivity contribution in [1.29, 1.82) is 0 Å². The zero-order chi connectivity index (χ0) is 20.6. The number of hydrogen-bond acceptors (Lipinski definition) is 4. The lowest BCUT2D eigenvalue weighted by Crippen LogP contribution is -2.22. The van der Waals surface area contributed by atoms with E-state index in [-0.39, 0.29) is 6.54 Å². The summed E-state index contributed by atoms with van der Waals surface area (Å²) in [6.45, 7) is 1.51. The number of benzene rings is 2. The molecule has 3 aromatic rings. The summed E-state index contributed by atoms with van der Waals surface area (Å²) in [4.78, 5) is 2.15. The maximum absolute atomic E-state index is 12.4. The summed E-state index contributed by atoms with van der Waals surface area (Å²) in [5, 5.41) is 3.10. The third-order valence-electron chi connectivity index (χ3n) is 5.00. The van der Waals surface area contributed by atoms with Crippen molar-refractivity contribution >= 4 is 50.3 Å². The van der Waals surface area contributed by atoms with E-state index in [9.17, 15) is 8.42 Å². The van der Waals surface area contributed by atoms with Crippen LogP contribution in [0.5, 0.6) is 0 Å². The molecule has 152 valence electrons. The van der Waals surface area contributed by atoms with Crippen molar-refractivity contribution in [2.45, 2.75) is 19.5 Å². The van der Waals surface area contributed by atoms with E-state index in [0.29, 0.717) is 27.9 Å². The van der Waals surface area contributed by atoms with Gasteiger partial charge >= 0.3 is 0 Å². The summed E-state index contributed by atoms with van der Waals surface area (Å²) < 4.78 is 33.4. The molecule has 1 aliphatic heterocycles. The highest BCUT2D eigenvalue weighted by Crippen LogP contribution is 2.40. The van der Waals surface area contributed by atoms with E-state index in [1.54, 1.807) is 12.1 Å². The molecule has 2 heterocycles. The van der Waals surface area contributed by atoms with Gasteiger partial charge in [0.25, 0.3) is 0 Å². The average Bonchev–Trinajstić information content (AvgIpc) is 2.94. The molecule has 1 aromatic heterocycles. The topological polar surface area (TPSA) is 62.6 Å². The maximum Gasteiger partial charge on any atom is 0.234 e. The summed E-state index contributed by atoms with van der Waals surface area (Å²) in [5.74, 6) is 0.552. The van der Waals surface area contributed by atoms with Gasteiger partial charge < -0.3 is 9.32 Å². The quantitative estimate of drug-likeness (QED) is 0.605. The first-order valence-electron chi connectivity index (χ1n) is 9.16. The Bertz CT molecular complexity index is 1190. The molecule has 2 aromatic carbocycles. The largest absolute Gasteiger partial charge is 0.458 e. The van der Waals surface area contributed by atoms with Gasteiger partial charge in [-0.25, -0.2) is 13.1 Å². The lowest BCUT2D eigenvalue weighted by atomic mass is 10.0. The van der Waals surface area contributed by atoms with Gasteiger partial charge in [0, 0.05) is 34.5 Å². The van der Waals surface area contributed by atoms with Crippen LogP contribution in [0.25, 0.3) is 17.0 Å². The van der Waals surface area contributed by atoms with Crippen molar-refractivity contribution in [2.24, 2.45) is 0 Å². The van der Waals surface area contributed by atoms with Gasteiger partial charge in [0.2, 0.25) is 10.0 Å². The minimum absolute atomic E-state index is 0.0344. The minimum Gasteiger partial charge on any atom is -0.458 e. The molecule has 1 aliphatic rings. The molecule has 0 bridgehead atoms. The number of furan rings is 1. The molecule has 0 atom stereocenters. The van der Waals surface area contributed by atoms with Gasteiger partial charge in [-0.3, -0.25) is 0 Å². The van der Waals surface area contributed by atoms with Gasteiger partial charge in [-0.2, -0.15) is 0 Å². The van der Waals surface area contributed by atoms with Crippen molar-refractivity contribution in [2.75, 3.05) is 13.6 Å². The molecule has 4 rings (SSSR count). The molecule has 29 heavy (non-hydrogen) atoms. The van der Waals surface area contributed by atoms with Gasteiger partial charge in [-0.15, -0.1) is 0 Å². The van der Waals surface area contributed by atoms with E-state index >= 15 is 0 Å². The fraction of sp³-hybridized carbons (Fsp3) is 0.238. The molecule has 0 fully saturated rings. The van der Waals surface area contributed by atoms with Crippen LogP contribution in [0.1, 0.15) is 22.5 Å². The third kappa shape index (κ3) is 4.37. The van der Waals surface area contributed by atoms with Crippen molar-refractivity contribution in [3.63, 3.8) is 0 Å². The van der Waals surface area contributed by atoms with Crippen LogP contribution in [0, 0.1) is 0 Å². The summed E-state index contributed by atoms with van der Waals surface area (Å²) in [6.07, 6.45) is 2.33. The van der Waals surface area contributed by atoms with E-state index in [1.807, 2.05) is 37.4 Å². The van der Waals surface area contributed by atoms with Gasteiger partial charge in [0.05, 0.1) is 11.6 Å². The van der Waals surface area contributed by atoms with Gasteiger partial charge in [0.1, 0.15) is 5.76 Å². The number of likely N-dealkylation sites (N-methyl/N-ethyl adjacent to an activating group) is 1. The predicted octanol–water partition coefficient (Wildman–Crippen LogP) is 4.82. The van der Waals surface area contributed by atoms with Crippen LogP contribution in [-0.4, -0.2) is 26.9 Å². The Kier molecular flexibility index (Phi) is 5.73. The molecule has 0 unspecified atom stereocenters. The van der Waals surface area contributed by atoms with Gasteiger partial charge in [0.15, 0.2) is 5.58 Å². The van der Waals surface area contributed by atoms with Crippen LogP contribution in [0.2, 0.25) is 10.0 Å². The van der Waals surface area contributed by atoms with E-state index in [4.69, 9.17) is 27.6 Å². The Morgan fingerprint density at radius 3 is 2.69 bits per heavy atom. The van der Waals surface area contributed by atoms with Crippen LogP contribution < -0.4 is 4.72 Å². The summed E-state index contributed by atoms with van der Waals surface area (Å²) in [6, 6.07) is 10.9. The first-order valence-corrected chi connectivity index (χ1v) is 11.5. The third-order valence-corrected chi connectivity index (χ3v) is 6.65. The normalized spacial score (nSPS) is 15.3. The Balaban J connectivity index is 1.65. The highest BCUT2D eigenvalue weighted by molar-refractivity contribution is 7.92. The van der Waals surface area contributed by atoms with Crippen LogP contribution >= 0.6 is 23.2 Å². The van der Waals surface area contributed by atoms with Crippen LogP contribution in [-0.2, 0) is 29.5 Å². The number of rotatable bonds is 5. The molecule has 0 aliphatic carbocycles. The Hall–Kier alpha value is -1.83. The molecule has 0 spiro atoms. The van der Waals surface area contributed by atoms with Crippen molar-refractivity contribution in [3.8, 4) is 0 Å². The zero-order valence-corrected chi connectivity index (χ0v) is 18.1. The van der Waals surface area contributed by atoms with E-state index in [2.05, 4.69) is 9.62 Å². The number of nitrogens with one attached hydrogen (secondary N) is 1. The zero-order valence-electron chi connectivity index (χ0n) is 15.8. The van der Waals surface area contributed by atoms with E-state index in [0.717, 1.165) is 40.5 Å². The SMILES string of the molecule is CN1CCc2c(Cl)cc(Cl)c3oc(CNS(=O)(=O)C=Cc4ccccc4)c(c23)C1. The van der Waals surface area contributed by atoms with E-state index in [1.165, 1.54) is 0 Å². The highest BCUT2D eigenvalue weighted by atomic mass is 35.5. The Labute approximate surface area is 180 Å². The average molecular weight is 451 g/mol. The van der Waals surface area contributed by atoms with Crippen LogP contribution in [0.15, 0.2) is 46.2 Å². The minimum atomic E-state index is -3.64. The molecule has 0 amide bonds. The molecular weight excluding hydrogens is 431 g/mol. The van der Waals surface area contributed by atoms with Crippen LogP contribution in [0.4, 0.5) is 0 Å². The highest BCUT2D eigenvalue weighted by Gasteiger charge is 2.25. The molecule has 0 saturated heterocycles. The van der Waals surface area contributed by atoms with Crippen molar-refractivity contribution < 1.29 is 12.8 Å². The smallest absolute Gasteiger partial charge is 0.234 e. The Morgan fingerprint density at radius 2 is 1.93 bits per heavy atom. The predicted molar refractivity (Wildman–Crippen MR) is 118 cm³/mol. The first-order chi connectivity index (χ1) is 13.8. The lowest BCUT2D eigenvalue weighted by Gasteiger charge is -2.13. The van der Waals surface area contributed by atoms with Crippen molar-refractivity contribution in [1.82, 2.24) is 9.62 Å². The maximum atomic E-state index is 12.4. The number of hydrogen-bond donors (Lipinski definition) is 1. The number of sulfonamides is 1. The van der Waals surface area contributed by atoms with Crippen LogP contribution in [0.3, 0.4) is 0 Å². The molecule has 0 radical (unpaired) electrons. The molecular formula is C21H20Cl2N2O3S. The molecule has 0 saturated carbocycles. The van der Waals surface area contributed by atoms with Gasteiger partial charge in [-0.05, 0) is 36.7 Å². The fourth-order valence-corrected chi connectivity index (χ4v) is 4.90. The second kappa shape index (κ2) is 8.13. The summed E-state index contributed by atoms with van der Waals surface area (Å²) in [7, 11) is -1.63. The van der Waals surface area contributed by atoms with Gasteiger partial charge in [-0.1, -0.05) is 53.5 Å². The number of halogens is 2. The number of nitrogens with zero attached hydrogens (tertiary/aromatic N) is 1. The molecule has 1 N–H and O–H groups in total. The molecule has 8 heteroatoms. The fourth-order valence-electron chi connectivity index (χ4n) is 3.54.